The average Bonchev–Trinajstić information content (AvgIpc) is 3.02. The molecule has 0 spiro atoms. The first-order chi connectivity index (χ1) is 10.0. The number of amides is 2. The smallest absolute Gasteiger partial charge is 0.315 e. The first kappa shape index (κ1) is 16.2. The lowest BCUT2D eigenvalue weighted by Gasteiger charge is -2.14. The maximum absolute atomic E-state index is 12.0. The number of urea groups is 1. The highest BCUT2D eigenvalue weighted by Gasteiger charge is 2.25. The van der Waals surface area contributed by atoms with Crippen LogP contribution in [0.4, 0.5) is 4.79 Å². The standard InChI is InChI=1S/C15H26N4OS/c1-5-19-11(3)14(10(2)18-19)9-16-15(20)17-12-6-7-13(8-12)21-4/h12-13H,5-9H2,1-4H3,(H2,16,17,20)/t12-,13+/m0/s1. The maximum atomic E-state index is 12.0. The van der Waals surface area contributed by atoms with Crippen molar-refractivity contribution in [2.45, 2.75) is 64.4 Å². The number of aryl methyl sites for hydroxylation is 2. The van der Waals surface area contributed by atoms with Crippen molar-refractivity contribution in [3.8, 4) is 0 Å². The predicted molar refractivity (Wildman–Crippen MR) is 87.7 cm³/mol. The lowest BCUT2D eigenvalue weighted by Crippen LogP contribution is -2.40. The summed E-state index contributed by atoms with van der Waals surface area (Å²) in [6.45, 7) is 7.53. The molecule has 0 saturated heterocycles. The topological polar surface area (TPSA) is 59.0 Å². The van der Waals surface area contributed by atoms with Gasteiger partial charge >= 0.3 is 6.03 Å². The zero-order valence-corrected chi connectivity index (χ0v) is 14.2. The van der Waals surface area contributed by atoms with Crippen LogP contribution in [-0.4, -0.2) is 33.4 Å². The van der Waals surface area contributed by atoms with Crippen molar-refractivity contribution in [3.63, 3.8) is 0 Å². The molecule has 118 valence electrons. The van der Waals surface area contributed by atoms with E-state index in [0.29, 0.717) is 17.8 Å². The fourth-order valence-corrected chi connectivity index (χ4v) is 3.78. The Kier molecular flexibility index (Phi) is 5.56. The van der Waals surface area contributed by atoms with E-state index in [-0.39, 0.29) is 6.03 Å². The minimum atomic E-state index is -0.0650. The maximum Gasteiger partial charge on any atom is 0.315 e. The highest BCUT2D eigenvalue weighted by Crippen LogP contribution is 2.28. The van der Waals surface area contributed by atoms with Crippen LogP contribution in [0.2, 0.25) is 0 Å². The number of nitrogens with zero attached hydrogens (tertiary/aromatic N) is 2. The van der Waals surface area contributed by atoms with Gasteiger partial charge in [-0.25, -0.2) is 4.79 Å². The molecule has 6 heteroatoms. The Morgan fingerprint density at radius 3 is 2.76 bits per heavy atom. The molecule has 1 aromatic rings. The molecule has 2 amide bonds. The normalized spacial score (nSPS) is 21.5. The van der Waals surface area contributed by atoms with Gasteiger partial charge < -0.3 is 10.6 Å². The van der Waals surface area contributed by atoms with Crippen LogP contribution in [0.5, 0.6) is 0 Å². The molecule has 1 aromatic heterocycles. The van der Waals surface area contributed by atoms with Crippen LogP contribution >= 0.6 is 11.8 Å². The third kappa shape index (κ3) is 3.93. The summed E-state index contributed by atoms with van der Waals surface area (Å²) < 4.78 is 1.98. The van der Waals surface area contributed by atoms with E-state index in [1.165, 1.54) is 6.42 Å². The number of rotatable bonds is 5. The minimum absolute atomic E-state index is 0.0650. The zero-order chi connectivity index (χ0) is 15.4. The van der Waals surface area contributed by atoms with Crippen molar-refractivity contribution in [3.05, 3.63) is 17.0 Å². The van der Waals surface area contributed by atoms with Crippen LogP contribution in [0, 0.1) is 13.8 Å². The van der Waals surface area contributed by atoms with Crippen LogP contribution < -0.4 is 10.6 Å². The molecule has 0 unspecified atom stereocenters. The molecule has 0 radical (unpaired) electrons. The van der Waals surface area contributed by atoms with Gasteiger partial charge in [0.1, 0.15) is 0 Å². The number of nitrogens with one attached hydrogen (secondary N) is 2. The number of aromatic nitrogens is 2. The number of carbonyl (C=O) groups is 1. The molecule has 21 heavy (non-hydrogen) atoms. The summed E-state index contributed by atoms with van der Waals surface area (Å²) in [5, 5.41) is 11.2. The van der Waals surface area contributed by atoms with Gasteiger partial charge in [-0.15, -0.1) is 0 Å². The van der Waals surface area contributed by atoms with Gasteiger partial charge in [-0.1, -0.05) is 0 Å². The number of carbonyl (C=O) groups excluding carboxylic acids is 1. The Bertz CT molecular complexity index is 500. The zero-order valence-electron chi connectivity index (χ0n) is 13.4. The predicted octanol–water partition coefficient (Wildman–Crippen LogP) is 2.60. The summed E-state index contributed by atoms with van der Waals surface area (Å²) in [5.41, 5.74) is 3.26. The summed E-state index contributed by atoms with van der Waals surface area (Å²) in [5.74, 6) is 0. The van der Waals surface area contributed by atoms with Gasteiger partial charge in [0.25, 0.3) is 0 Å². The van der Waals surface area contributed by atoms with Crippen LogP contribution in [0.25, 0.3) is 0 Å². The van der Waals surface area contributed by atoms with E-state index in [2.05, 4.69) is 35.8 Å². The van der Waals surface area contributed by atoms with E-state index in [9.17, 15) is 4.79 Å². The summed E-state index contributed by atoms with van der Waals surface area (Å²) in [4.78, 5) is 12.0. The first-order valence-corrected chi connectivity index (χ1v) is 8.94. The van der Waals surface area contributed by atoms with Crippen molar-refractivity contribution >= 4 is 17.8 Å². The van der Waals surface area contributed by atoms with Gasteiger partial charge in [-0.3, -0.25) is 4.68 Å². The van der Waals surface area contributed by atoms with E-state index >= 15 is 0 Å². The van der Waals surface area contributed by atoms with Crippen molar-refractivity contribution < 1.29 is 4.79 Å². The third-order valence-corrected chi connectivity index (χ3v) is 5.40. The van der Waals surface area contributed by atoms with E-state index in [0.717, 1.165) is 36.3 Å². The monoisotopic (exact) mass is 310 g/mol. The SMILES string of the molecule is CCn1nc(C)c(CNC(=O)N[C@H]2CC[C@@H](SC)C2)c1C. The Morgan fingerprint density at radius 1 is 1.43 bits per heavy atom. The van der Waals surface area contributed by atoms with Crippen molar-refractivity contribution in [2.24, 2.45) is 0 Å². The number of hydrogen-bond donors (Lipinski definition) is 2. The van der Waals surface area contributed by atoms with Gasteiger partial charge in [-0.2, -0.15) is 16.9 Å². The van der Waals surface area contributed by atoms with Gasteiger partial charge in [0.2, 0.25) is 0 Å². The van der Waals surface area contributed by atoms with Crippen molar-refractivity contribution in [1.29, 1.82) is 0 Å². The van der Waals surface area contributed by atoms with Gasteiger partial charge in [0, 0.05) is 35.6 Å². The number of hydrogen-bond acceptors (Lipinski definition) is 3. The first-order valence-electron chi connectivity index (χ1n) is 7.65. The molecule has 2 rings (SSSR count). The van der Waals surface area contributed by atoms with Crippen LogP contribution in [0.1, 0.15) is 43.1 Å². The summed E-state index contributed by atoms with van der Waals surface area (Å²) in [7, 11) is 0. The molecule has 2 atom stereocenters. The Balaban J connectivity index is 1.83. The molecular formula is C15H26N4OS. The molecule has 0 aromatic carbocycles. The van der Waals surface area contributed by atoms with E-state index in [4.69, 9.17) is 0 Å². The lowest BCUT2D eigenvalue weighted by molar-refractivity contribution is 0.236. The molecule has 1 saturated carbocycles. The molecule has 1 heterocycles. The molecule has 1 aliphatic rings. The summed E-state index contributed by atoms with van der Waals surface area (Å²) in [6.07, 6.45) is 5.52. The quantitative estimate of drug-likeness (QED) is 0.879. The second-order valence-corrected chi connectivity index (χ2v) is 6.80. The molecule has 0 aliphatic heterocycles. The van der Waals surface area contributed by atoms with E-state index < -0.39 is 0 Å². The summed E-state index contributed by atoms with van der Waals surface area (Å²) >= 11 is 1.90. The second-order valence-electron chi connectivity index (χ2n) is 5.66. The van der Waals surface area contributed by atoms with E-state index in [1.807, 2.05) is 23.4 Å². The van der Waals surface area contributed by atoms with Gasteiger partial charge in [-0.05, 0) is 46.3 Å². The Morgan fingerprint density at radius 2 is 2.19 bits per heavy atom. The highest BCUT2D eigenvalue weighted by atomic mass is 32.2. The fraction of sp³-hybridized carbons (Fsp3) is 0.733. The second kappa shape index (κ2) is 7.20. The van der Waals surface area contributed by atoms with Crippen LogP contribution in [0.3, 0.4) is 0 Å². The van der Waals surface area contributed by atoms with Crippen LogP contribution in [-0.2, 0) is 13.1 Å². The minimum Gasteiger partial charge on any atom is -0.335 e. The van der Waals surface area contributed by atoms with Crippen LogP contribution in [0.15, 0.2) is 0 Å². The van der Waals surface area contributed by atoms with Gasteiger partial charge in [0.05, 0.1) is 5.69 Å². The third-order valence-electron chi connectivity index (χ3n) is 4.31. The highest BCUT2D eigenvalue weighted by molar-refractivity contribution is 7.99. The number of thioether (sulfide) groups is 1. The lowest BCUT2D eigenvalue weighted by atomic mass is 10.2. The van der Waals surface area contributed by atoms with E-state index in [1.54, 1.807) is 0 Å². The average molecular weight is 310 g/mol. The molecule has 0 bridgehead atoms. The van der Waals surface area contributed by atoms with Crippen molar-refractivity contribution in [1.82, 2.24) is 20.4 Å². The molecule has 1 fully saturated rings. The summed E-state index contributed by atoms with van der Waals surface area (Å²) in [6, 6.07) is 0.257. The fourth-order valence-electron chi connectivity index (χ4n) is 2.99. The Hall–Kier alpha value is -1.17. The largest absolute Gasteiger partial charge is 0.335 e. The molecule has 2 N–H and O–H groups in total. The van der Waals surface area contributed by atoms with Gasteiger partial charge in [0.15, 0.2) is 0 Å². The Labute approximate surface area is 131 Å². The molecule has 5 nitrogen and oxygen atoms in total. The van der Waals surface area contributed by atoms with Crippen molar-refractivity contribution in [2.75, 3.05) is 6.26 Å². The molecule has 1 aliphatic carbocycles. The molecular weight excluding hydrogens is 284 g/mol.